The average Bonchev–Trinajstić information content (AvgIpc) is 2.02. The third-order valence-electron chi connectivity index (χ3n) is 2.10. The lowest BCUT2D eigenvalue weighted by atomic mass is 10.0. The van der Waals surface area contributed by atoms with Gasteiger partial charge in [-0.25, -0.2) is 18.7 Å². The lowest BCUT2D eigenvalue weighted by molar-refractivity contribution is 0.0608. The van der Waals surface area contributed by atoms with Gasteiger partial charge in [-0.1, -0.05) is 0 Å². The van der Waals surface area contributed by atoms with Crippen molar-refractivity contribution < 1.29 is 8.78 Å². The van der Waals surface area contributed by atoms with Crippen LogP contribution in [0.2, 0.25) is 0 Å². The summed E-state index contributed by atoms with van der Waals surface area (Å²) in [5, 5.41) is 0. The Balaban J connectivity index is 1.94. The Morgan fingerprint density at radius 1 is 1.31 bits per heavy atom. The van der Waals surface area contributed by atoms with Crippen molar-refractivity contribution in [3.63, 3.8) is 0 Å². The molecule has 5 heteroatoms. The smallest absolute Gasteiger partial charge is 0.244 e. The van der Waals surface area contributed by atoms with Gasteiger partial charge in [0.1, 0.15) is 0 Å². The molecule has 0 atom stereocenters. The molecule has 0 N–H and O–H groups in total. The predicted molar refractivity (Wildman–Crippen MR) is 43.7 cm³/mol. The molecule has 2 rings (SSSR count). The monoisotopic (exact) mass is 185 g/mol. The van der Waals surface area contributed by atoms with E-state index in [1.54, 1.807) is 23.4 Å². The molecule has 0 unspecified atom stereocenters. The minimum Gasteiger partial charge on any atom is -0.340 e. The molecule has 1 aromatic rings. The fourth-order valence-corrected chi connectivity index (χ4v) is 1.29. The largest absolute Gasteiger partial charge is 0.340 e. The molecule has 1 aromatic heterocycles. The molecule has 1 fully saturated rings. The van der Waals surface area contributed by atoms with Gasteiger partial charge in [0.15, 0.2) is 0 Å². The van der Waals surface area contributed by atoms with Crippen molar-refractivity contribution >= 4 is 5.95 Å². The number of rotatable bonds is 2. The number of halogens is 2. The van der Waals surface area contributed by atoms with E-state index in [-0.39, 0.29) is 0 Å². The Morgan fingerprint density at radius 3 is 2.46 bits per heavy atom. The van der Waals surface area contributed by atoms with Gasteiger partial charge in [-0.3, -0.25) is 0 Å². The van der Waals surface area contributed by atoms with E-state index in [2.05, 4.69) is 9.97 Å². The van der Waals surface area contributed by atoms with Crippen molar-refractivity contribution in [2.24, 2.45) is 5.92 Å². The summed E-state index contributed by atoms with van der Waals surface area (Å²) in [6.07, 6.45) is 0.996. The van der Waals surface area contributed by atoms with Gasteiger partial charge < -0.3 is 4.90 Å². The molecule has 2 heterocycles. The van der Waals surface area contributed by atoms with Crippen LogP contribution in [0, 0.1) is 5.92 Å². The van der Waals surface area contributed by atoms with Crippen molar-refractivity contribution in [2.45, 2.75) is 6.43 Å². The highest BCUT2D eigenvalue weighted by Crippen LogP contribution is 2.25. The van der Waals surface area contributed by atoms with E-state index in [1.807, 2.05) is 0 Å². The Morgan fingerprint density at radius 2 is 1.92 bits per heavy atom. The summed E-state index contributed by atoms with van der Waals surface area (Å²) in [6.45, 7) is 0.726. The first-order valence-electron chi connectivity index (χ1n) is 4.07. The fourth-order valence-electron chi connectivity index (χ4n) is 1.29. The number of aromatic nitrogens is 2. The molecular weight excluding hydrogens is 176 g/mol. The highest BCUT2D eigenvalue weighted by Gasteiger charge is 2.34. The van der Waals surface area contributed by atoms with Crippen LogP contribution in [0.15, 0.2) is 18.5 Å². The molecule has 3 nitrogen and oxygen atoms in total. The number of hydrogen-bond acceptors (Lipinski definition) is 3. The van der Waals surface area contributed by atoms with Gasteiger partial charge in [-0.2, -0.15) is 0 Å². The van der Waals surface area contributed by atoms with E-state index >= 15 is 0 Å². The minimum absolute atomic E-state index is 0.363. The highest BCUT2D eigenvalue weighted by molar-refractivity contribution is 5.32. The first kappa shape index (κ1) is 8.34. The Bertz CT molecular complexity index is 272. The minimum atomic E-state index is -2.22. The quantitative estimate of drug-likeness (QED) is 0.692. The molecule has 0 radical (unpaired) electrons. The van der Waals surface area contributed by atoms with E-state index in [4.69, 9.17) is 0 Å². The molecule has 1 aliphatic heterocycles. The van der Waals surface area contributed by atoms with Gasteiger partial charge in [-0.15, -0.1) is 0 Å². The van der Waals surface area contributed by atoms with Crippen molar-refractivity contribution in [1.29, 1.82) is 0 Å². The van der Waals surface area contributed by atoms with Crippen molar-refractivity contribution in [2.75, 3.05) is 18.0 Å². The standard InChI is InChI=1S/C8H9F2N3/c9-7(10)6-4-13(5-6)8-11-2-1-3-12-8/h1-3,6-7H,4-5H2. The molecular formula is C8H9F2N3. The van der Waals surface area contributed by atoms with Crippen LogP contribution in [0.5, 0.6) is 0 Å². The number of anilines is 1. The van der Waals surface area contributed by atoms with E-state index in [1.165, 1.54) is 0 Å². The molecule has 0 spiro atoms. The maximum atomic E-state index is 12.1. The zero-order valence-electron chi connectivity index (χ0n) is 6.90. The highest BCUT2D eigenvalue weighted by atomic mass is 19.3. The SMILES string of the molecule is FC(F)C1CN(c2ncccn2)C1. The number of nitrogens with zero attached hydrogens (tertiary/aromatic N) is 3. The predicted octanol–water partition coefficient (Wildman–Crippen LogP) is 1.18. The summed E-state index contributed by atoms with van der Waals surface area (Å²) in [5.74, 6) is 0.0307. The van der Waals surface area contributed by atoms with Crippen LogP contribution in [0.1, 0.15) is 0 Å². The van der Waals surface area contributed by atoms with Gasteiger partial charge in [0, 0.05) is 25.5 Å². The lowest BCUT2D eigenvalue weighted by Crippen LogP contribution is -2.50. The molecule has 0 amide bonds. The molecule has 13 heavy (non-hydrogen) atoms. The van der Waals surface area contributed by atoms with Crippen LogP contribution < -0.4 is 4.90 Å². The van der Waals surface area contributed by atoms with Crippen LogP contribution in [-0.2, 0) is 0 Å². The van der Waals surface area contributed by atoms with Crippen LogP contribution in [-0.4, -0.2) is 29.5 Å². The van der Waals surface area contributed by atoms with Crippen LogP contribution in [0.4, 0.5) is 14.7 Å². The van der Waals surface area contributed by atoms with Gasteiger partial charge in [-0.05, 0) is 6.07 Å². The lowest BCUT2D eigenvalue weighted by Gasteiger charge is -2.38. The van der Waals surface area contributed by atoms with Crippen molar-refractivity contribution in [1.82, 2.24) is 9.97 Å². The maximum absolute atomic E-state index is 12.1. The van der Waals surface area contributed by atoms with E-state index < -0.39 is 12.3 Å². The Labute approximate surface area is 74.4 Å². The fraction of sp³-hybridized carbons (Fsp3) is 0.500. The molecule has 0 saturated carbocycles. The Hall–Kier alpha value is -1.26. The molecule has 1 aliphatic rings. The van der Waals surface area contributed by atoms with Crippen LogP contribution in [0.3, 0.4) is 0 Å². The Kier molecular flexibility index (Phi) is 2.08. The van der Waals surface area contributed by atoms with Gasteiger partial charge >= 0.3 is 0 Å². The van der Waals surface area contributed by atoms with E-state index in [9.17, 15) is 8.78 Å². The molecule has 0 bridgehead atoms. The average molecular weight is 185 g/mol. The zero-order valence-corrected chi connectivity index (χ0v) is 6.90. The molecule has 0 aromatic carbocycles. The summed E-state index contributed by atoms with van der Waals surface area (Å²) in [7, 11) is 0. The molecule has 1 saturated heterocycles. The first-order chi connectivity index (χ1) is 6.27. The van der Waals surface area contributed by atoms with Gasteiger partial charge in [0.2, 0.25) is 12.4 Å². The van der Waals surface area contributed by atoms with E-state index in [0.717, 1.165) is 0 Å². The summed E-state index contributed by atoms with van der Waals surface area (Å²) in [6, 6.07) is 1.70. The van der Waals surface area contributed by atoms with Gasteiger partial charge in [0.05, 0.1) is 5.92 Å². The van der Waals surface area contributed by atoms with Crippen LogP contribution >= 0.6 is 0 Å². The molecule has 70 valence electrons. The first-order valence-corrected chi connectivity index (χ1v) is 4.07. The normalized spacial score (nSPS) is 17.6. The number of hydrogen-bond donors (Lipinski definition) is 0. The third kappa shape index (κ3) is 1.59. The second-order valence-corrected chi connectivity index (χ2v) is 3.05. The van der Waals surface area contributed by atoms with Crippen molar-refractivity contribution in [3.8, 4) is 0 Å². The third-order valence-corrected chi connectivity index (χ3v) is 2.10. The molecule has 0 aliphatic carbocycles. The summed E-state index contributed by atoms with van der Waals surface area (Å²) in [5.41, 5.74) is 0. The maximum Gasteiger partial charge on any atom is 0.244 e. The second kappa shape index (κ2) is 3.24. The summed E-state index contributed by atoms with van der Waals surface area (Å²) in [4.78, 5) is 9.68. The zero-order chi connectivity index (χ0) is 9.26. The van der Waals surface area contributed by atoms with E-state index in [0.29, 0.717) is 19.0 Å². The summed E-state index contributed by atoms with van der Waals surface area (Å²) < 4.78 is 24.2. The van der Waals surface area contributed by atoms with Gasteiger partial charge in [0.25, 0.3) is 0 Å². The topological polar surface area (TPSA) is 29.0 Å². The second-order valence-electron chi connectivity index (χ2n) is 3.05. The van der Waals surface area contributed by atoms with Crippen molar-refractivity contribution in [3.05, 3.63) is 18.5 Å². The number of alkyl halides is 2. The summed E-state index contributed by atoms with van der Waals surface area (Å²) >= 11 is 0. The van der Waals surface area contributed by atoms with Crippen LogP contribution in [0.25, 0.3) is 0 Å².